The highest BCUT2D eigenvalue weighted by Crippen LogP contribution is 2.35. The lowest BCUT2D eigenvalue weighted by atomic mass is 10.1. The summed E-state index contributed by atoms with van der Waals surface area (Å²) in [5, 5.41) is 4.91. The number of aryl methyl sites for hydroxylation is 2. The van der Waals surface area contributed by atoms with Crippen molar-refractivity contribution in [1.29, 1.82) is 0 Å². The van der Waals surface area contributed by atoms with Crippen LogP contribution in [0, 0.1) is 13.8 Å². The molecule has 0 fully saturated rings. The van der Waals surface area contributed by atoms with Gasteiger partial charge < -0.3 is 9.73 Å². The Morgan fingerprint density at radius 3 is 2.62 bits per heavy atom. The minimum absolute atomic E-state index is 0.324. The second kappa shape index (κ2) is 6.93. The molecule has 2 aromatic heterocycles. The van der Waals surface area contributed by atoms with Gasteiger partial charge >= 0.3 is 0 Å². The number of hydrogen-bond acceptors (Lipinski definition) is 6. The van der Waals surface area contributed by atoms with Crippen LogP contribution >= 0.6 is 11.8 Å². The Morgan fingerprint density at radius 1 is 1.29 bits per heavy atom. The van der Waals surface area contributed by atoms with E-state index in [2.05, 4.69) is 41.0 Å². The fourth-order valence-corrected chi connectivity index (χ4v) is 2.99. The zero-order chi connectivity index (χ0) is 15.4. The molecule has 0 saturated carbocycles. The molecule has 0 amide bonds. The van der Waals surface area contributed by atoms with Crippen LogP contribution in [0.15, 0.2) is 21.0 Å². The number of anilines is 1. The lowest BCUT2D eigenvalue weighted by Gasteiger charge is -2.15. The maximum absolute atomic E-state index is 5.65. The van der Waals surface area contributed by atoms with Crippen LogP contribution in [-0.2, 0) is 0 Å². The summed E-state index contributed by atoms with van der Waals surface area (Å²) in [6, 6.07) is 0. The second-order valence-electron chi connectivity index (χ2n) is 5.25. The van der Waals surface area contributed by atoms with Crippen molar-refractivity contribution < 1.29 is 4.42 Å². The number of rotatable bonds is 6. The van der Waals surface area contributed by atoms with Crippen molar-refractivity contribution >= 4 is 17.6 Å². The van der Waals surface area contributed by atoms with Gasteiger partial charge in [-0.1, -0.05) is 20.8 Å². The lowest BCUT2D eigenvalue weighted by molar-refractivity contribution is 0.430. The quantitative estimate of drug-likeness (QED) is 0.808. The van der Waals surface area contributed by atoms with Gasteiger partial charge in [-0.15, -0.1) is 0 Å². The van der Waals surface area contributed by atoms with Crippen LogP contribution in [0.3, 0.4) is 0 Å². The first-order valence-corrected chi connectivity index (χ1v) is 8.05. The molecule has 0 unspecified atom stereocenters. The van der Waals surface area contributed by atoms with E-state index >= 15 is 0 Å². The molecule has 2 heterocycles. The molecule has 0 bridgehead atoms. The van der Waals surface area contributed by atoms with E-state index in [0.717, 1.165) is 40.8 Å². The van der Waals surface area contributed by atoms with E-state index in [-0.39, 0.29) is 0 Å². The molecule has 2 aromatic rings. The van der Waals surface area contributed by atoms with E-state index in [0.29, 0.717) is 11.1 Å². The maximum atomic E-state index is 5.65. The summed E-state index contributed by atoms with van der Waals surface area (Å²) in [6.07, 6.45) is 2.65. The van der Waals surface area contributed by atoms with Gasteiger partial charge in [-0.2, -0.15) is 0 Å². The molecule has 0 saturated heterocycles. The average Bonchev–Trinajstić information content (AvgIpc) is 2.74. The van der Waals surface area contributed by atoms with Gasteiger partial charge in [-0.25, -0.2) is 15.0 Å². The molecule has 0 spiro atoms. The summed E-state index contributed by atoms with van der Waals surface area (Å²) in [5.41, 5.74) is 2.03. The Kier molecular flexibility index (Phi) is 5.22. The molecular weight excluding hydrogens is 284 g/mol. The van der Waals surface area contributed by atoms with Crippen LogP contribution in [0.1, 0.15) is 50.1 Å². The third kappa shape index (κ3) is 3.75. The zero-order valence-electron chi connectivity index (χ0n) is 13.2. The third-order valence-electron chi connectivity index (χ3n) is 3.16. The third-order valence-corrected chi connectivity index (χ3v) is 4.03. The zero-order valence-corrected chi connectivity index (χ0v) is 14.0. The van der Waals surface area contributed by atoms with Gasteiger partial charge in [0, 0.05) is 12.1 Å². The number of aromatic nitrogens is 3. The molecule has 1 N–H and O–H groups in total. The first-order valence-electron chi connectivity index (χ1n) is 7.23. The molecule has 114 valence electrons. The summed E-state index contributed by atoms with van der Waals surface area (Å²) in [6.45, 7) is 11.2. The minimum Gasteiger partial charge on any atom is -0.436 e. The standard InChI is InChI=1S/C15H22N4OS/c1-6-7-16-13-12(9(2)3)14(18-8-17-13)21-15-19-10(4)11(5)20-15/h8-9H,6-7H2,1-5H3,(H,16,17,18). The molecule has 0 atom stereocenters. The largest absolute Gasteiger partial charge is 0.436 e. The Hall–Kier alpha value is -1.56. The van der Waals surface area contributed by atoms with E-state index in [1.165, 1.54) is 11.8 Å². The van der Waals surface area contributed by atoms with Crippen LogP contribution in [0.25, 0.3) is 0 Å². The van der Waals surface area contributed by atoms with E-state index in [1.54, 1.807) is 6.33 Å². The van der Waals surface area contributed by atoms with Gasteiger partial charge in [0.1, 0.15) is 22.9 Å². The first kappa shape index (κ1) is 15.8. The van der Waals surface area contributed by atoms with Crippen LogP contribution in [-0.4, -0.2) is 21.5 Å². The number of nitrogens with zero attached hydrogens (tertiary/aromatic N) is 3. The van der Waals surface area contributed by atoms with E-state index in [4.69, 9.17) is 4.42 Å². The Morgan fingerprint density at radius 2 is 2.05 bits per heavy atom. The normalized spacial score (nSPS) is 11.1. The van der Waals surface area contributed by atoms with Crippen LogP contribution in [0.5, 0.6) is 0 Å². The molecule has 0 aliphatic carbocycles. The Bertz CT molecular complexity index is 590. The summed E-state index contributed by atoms with van der Waals surface area (Å²) < 4.78 is 5.65. The van der Waals surface area contributed by atoms with Gasteiger partial charge in [0.25, 0.3) is 5.22 Å². The van der Waals surface area contributed by atoms with Crippen molar-refractivity contribution in [2.24, 2.45) is 0 Å². The van der Waals surface area contributed by atoms with Crippen LogP contribution < -0.4 is 5.32 Å². The molecular formula is C15H22N4OS. The van der Waals surface area contributed by atoms with Crippen LogP contribution in [0.4, 0.5) is 5.82 Å². The van der Waals surface area contributed by atoms with Gasteiger partial charge in [-0.05, 0) is 37.9 Å². The van der Waals surface area contributed by atoms with Crippen LogP contribution in [0.2, 0.25) is 0 Å². The predicted octanol–water partition coefficient (Wildman–Crippen LogP) is 4.18. The topological polar surface area (TPSA) is 63.8 Å². The minimum atomic E-state index is 0.324. The maximum Gasteiger partial charge on any atom is 0.262 e. The van der Waals surface area contributed by atoms with Crippen molar-refractivity contribution in [3.8, 4) is 0 Å². The summed E-state index contributed by atoms with van der Waals surface area (Å²) >= 11 is 1.46. The van der Waals surface area contributed by atoms with Crippen molar-refractivity contribution in [3.05, 3.63) is 23.3 Å². The monoisotopic (exact) mass is 306 g/mol. The van der Waals surface area contributed by atoms with Crippen molar-refractivity contribution in [2.75, 3.05) is 11.9 Å². The van der Waals surface area contributed by atoms with E-state index < -0.39 is 0 Å². The lowest BCUT2D eigenvalue weighted by Crippen LogP contribution is -2.08. The highest BCUT2D eigenvalue weighted by atomic mass is 32.2. The molecule has 2 rings (SSSR count). The molecule has 0 aliphatic rings. The van der Waals surface area contributed by atoms with E-state index in [9.17, 15) is 0 Å². The number of hydrogen-bond donors (Lipinski definition) is 1. The Labute approximate surface area is 130 Å². The number of oxazole rings is 1. The molecule has 0 radical (unpaired) electrons. The van der Waals surface area contributed by atoms with Gasteiger partial charge in [-0.3, -0.25) is 0 Å². The molecule has 21 heavy (non-hydrogen) atoms. The van der Waals surface area contributed by atoms with Crippen molar-refractivity contribution in [3.63, 3.8) is 0 Å². The van der Waals surface area contributed by atoms with Crippen molar-refractivity contribution in [1.82, 2.24) is 15.0 Å². The van der Waals surface area contributed by atoms with Gasteiger partial charge in [0.15, 0.2) is 0 Å². The highest BCUT2D eigenvalue weighted by Gasteiger charge is 2.18. The first-order chi connectivity index (χ1) is 10.0. The van der Waals surface area contributed by atoms with Gasteiger partial charge in [0.05, 0.1) is 5.69 Å². The average molecular weight is 306 g/mol. The van der Waals surface area contributed by atoms with Crippen molar-refractivity contribution in [2.45, 2.75) is 57.2 Å². The fourth-order valence-electron chi connectivity index (χ4n) is 1.94. The molecule has 6 heteroatoms. The summed E-state index contributed by atoms with van der Waals surface area (Å²) in [5.74, 6) is 2.08. The van der Waals surface area contributed by atoms with E-state index in [1.807, 2.05) is 13.8 Å². The second-order valence-corrected chi connectivity index (χ2v) is 6.19. The van der Waals surface area contributed by atoms with Gasteiger partial charge in [0.2, 0.25) is 0 Å². The smallest absolute Gasteiger partial charge is 0.262 e. The SMILES string of the molecule is CCCNc1ncnc(Sc2nc(C)c(C)o2)c1C(C)C. The number of nitrogens with one attached hydrogen (secondary N) is 1. The Balaban J connectivity index is 2.33. The fraction of sp³-hybridized carbons (Fsp3) is 0.533. The molecule has 0 aromatic carbocycles. The molecule has 0 aliphatic heterocycles. The molecule has 5 nitrogen and oxygen atoms in total. The summed E-state index contributed by atoms with van der Waals surface area (Å²) in [7, 11) is 0. The highest BCUT2D eigenvalue weighted by molar-refractivity contribution is 7.99. The predicted molar refractivity (Wildman–Crippen MR) is 85.0 cm³/mol. The summed E-state index contributed by atoms with van der Waals surface area (Å²) in [4.78, 5) is 13.2.